The van der Waals surface area contributed by atoms with Crippen molar-refractivity contribution in [3.8, 4) is 0 Å². The molecule has 0 aromatic carbocycles. The van der Waals surface area contributed by atoms with Crippen LogP contribution in [0.25, 0.3) is 0 Å². The minimum atomic E-state index is 0.876. The van der Waals surface area contributed by atoms with Crippen molar-refractivity contribution >= 4 is 0 Å². The summed E-state index contributed by atoms with van der Waals surface area (Å²) in [6.07, 6.45) is 5.33. The monoisotopic (exact) mass is 156 g/mol. The van der Waals surface area contributed by atoms with Crippen LogP contribution >= 0.6 is 0 Å². The maximum absolute atomic E-state index is 3.49. The smallest absolute Gasteiger partial charge is 0.00682 e. The molecule has 1 aliphatic rings. The Kier molecular flexibility index (Phi) is 4.55. The van der Waals surface area contributed by atoms with Crippen LogP contribution in [0.1, 0.15) is 32.6 Å². The lowest BCUT2D eigenvalue weighted by atomic mass is 10.4. The van der Waals surface area contributed by atoms with Gasteiger partial charge in [-0.25, -0.2) is 0 Å². The van der Waals surface area contributed by atoms with Crippen molar-refractivity contribution in [2.75, 3.05) is 19.6 Å². The molecule has 0 atom stereocenters. The third kappa shape index (κ3) is 5.22. The Labute approximate surface area is 69.8 Å². The molecule has 1 aliphatic carbocycles. The van der Waals surface area contributed by atoms with Crippen molar-refractivity contribution in [2.45, 2.75) is 38.6 Å². The lowest BCUT2D eigenvalue weighted by molar-refractivity contribution is 0.590. The van der Waals surface area contributed by atoms with E-state index in [1.165, 1.54) is 45.3 Å². The Hall–Kier alpha value is -0.0800. The average Bonchev–Trinajstić information content (AvgIpc) is 2.80. The third-order valence-electron chi connectivity index (χ3n) is 1.97. The van der Waals surface area contributed by atoms with Gasteiger partial charge < -0.3 is 10.6 Å². The molecule has 0 aliphatic heterocycles. The number of hydrogen-bond donors (Lipinski definition) is 2. The second-order valence-electron chi connectivity index (χ2n) is 3.33. The maximum Gasteiger partial charge on any atom is 0.00682 e. The Balaban J connectivity index is 1.66. The second kappa shape index (κ2) is 5.56. The fourth-order valence-electron chi connectivity index (χ4n) is 1.11. The SMILES string of the molecule is CCCNCCCNC1CC1. The Morgan fingerprint density at radius 3 is 2.64 bits per heavy atom. The molecule has 2 nitrogen and oxygen atoms in total. The molecule has 0 aromatic rings. The molecule has 1 rings (SSSR count). The highest BCUT2D eigenvalue weighted by molar-refractivity contribution is 4.80. The van der Waals surface area contributed by atoms with Gasteiger partial charge in [-0.05, 0) is 45.3 Å². The first-order valence-corrected chi connectivity index (χ1v) is 4.87. The first kappa shape index (κ1) is 9.01. The van der Waals surface area contributed by atoms with Crippen molar-refractivity contribution in [3.63, 3.8) is 0 Å². The molecule has 0 spiro atoms. The number of rotatable bonds is 7. The van der Waals surface area contributed by atoms with Crippen LogP contribution in [0.2, 0.25) is 0 Å². The molecule has 1 saturated carbocycles. The van der Waals surface area contributed by atoms with E-state index in [2.05, 4.69) is 17.6 Å². The first-order valence-electron chi connectivity index (χ1n) is 4.87. The molecule has 66 valence electrons. The molecule has 2 N–H and O–H groups in total. The van der Waals surface area contributed by atoms with E-state index in [0.29, 0.717) is 0 Å². The van der Waals surface area contributed by atoms with Gasteiger partial charge in [0.2, 0.25) is 0 Å². The van der Waals surface area contributed by atoms with Gasteiger partial charge >= 0.3 is 0 Å². The highest BCUT2D eigenvalue weighted by atomic mass is 14.9. The fourth-order valence-corrected chi connectivity index (χ4v) is 1.11. The molecule has 0 heterocycles. The normalized spacial score (nSPS) is 17.2. The zero-order chi connectivity index (χ0) is 7.94. The van der Waals surface area contributed by atoms with Gasteiger partial charge in [0.25, 0.3) is 0 Å². The quantitative estimate of drug-likeness (QED) is 0.540. The summed E-state index contributed by atoms with van der Waals surface area (Å²) < 4.78 is 0. The van der Waals surface area contributed by atoms with Crippen LogP contribution in [0.15, 0.2) is 0 Å². The molecular weight excluding hydrogens is 136 g/mol. The summed E-state index contributed by atoms with van der Waals surface area (Å²) in [5.41, 5.74) is 0. The summed E-state index contributed by atoms with van der Waals surface area (Å²) in [6, 6.07) is 0.876. The lowest BCUT2D eigenvalue weighted by Gasteiger charge is -2.03. The third-order valence-corrected chi connectivity index (χ3v) is 1.97. The van der Waals surface area contributed by atoms with Crippen LogP contribution in [0.4, 0.5) is 0 Å². The minimum Gasteiger partial charge on any atom is -0.317 e. The van der Waals surface area contributed by atoms with Crippen molar-refractivity contribution in [3.05, 3.63) is 0 Å². The van der Waals surface area contributed by atoms with Gasteiger partial charge in [-0.1, -0.05) is 6.92 Å². The number of hydrogen-bond acceptors (Lipinski definition) is 2. The Bertz CT molecular complexity index is 89.6. The summed E-state index contributed by atoms with van der Waals surface area (Å²) in [6.45, 7) is 5.74. The van der Waals surface area contributed by atoms with Gasteiger partial charge in [-0.3, -0.25) is 0 Å². The van der Waals surface area contributed by atoms with Crippen LogP contribution in [0.3, 0.4) is 0 Å². The van der Waals surface area contributed by atoms with Crippen LogP contribution in [-0.4, -0.2) is 25.7 Å². The molecule has 0 bridgehead atoms. The minimum absolute atomic E-state index is 0.876. The molecule has 1 fully saturated rings. The standard InChI is InChI=1S/C9H20N2/c1-2-6-10-7-3-8-11-9-4-5-9/h9-11H,2-8H2,1H3. The highest BCUT2D eigenvalue weighted by Crippen LogP contribution is 2.17. The van der Waals surface area contributed by atoms with Crippen LogP contribution in [0.5, 0.6) is 0 Å². The largest absolute Gasteiger partial charge is 0.317 e. The molecule has 0 unspecified atom stereocenters. The van der Waals surface area contributed by atoms with Crippen molar-refractivity contribution < 1.29 is 0 Å². The summed E-state index contributed by atoms with van der Waals surface area (Å²) in [4.78, 5) is 0. The van der Waals surface area contributed by atoms with E-state index in [1.807, 2.05) is 0 Å². The van der Waals surface area contributed by atoms with Crippen molar-refractivity contribution in [2.24, 2.45) is 0 Å². The lowest BCUT2D eigenvalue weighted by Crippen LogP contribution is -2.23. The van der Waals surface area contributed by atoms with Gasteiger partial charge in [-0.15, -0.1) is 0 Å². The molecule has 0 aromatic heterocycles. The molecule has 2 heteroatoms. The topological polar surface area (TPSA) is 24.1 Å². The van der Waals surface area contributed by atoms with Crippen LogP contribution in [-0.2, 0) is 0 Å². The second-order valence-corrected chi connectivity index (χ2v) is 3.33. The van der Waals surface area contributed by atoms with E-state index >= 15 is 0 Å². The number of nitrogens with one attached hydrogen (secondary N) is 2. The predicted octanol–water partition coefficient (Wildman–Crippen LogP) is 1.13. The summed E-state index contributed by atoms with van der Waals surface area (Å²) in [5.74, 6) is 0. The Morgan fingerprint density at radius 2 is 2.00 bits per heavy atom. The predicted molar refractivity (Wildman–Crippen MR) is 48.8 cm³/mol. The van der Waals surface area contributed by atoms with E-state index in [4.69, 9.17) is 0 Å². The van der Waals surface area contributed by atoms with Gasteiger partial charge in [0.1, 0.15) is 0 Å². The van der Waals surface area contributed by atoms with Crippen LogP contribution in [0, 0.1) is 0 Å². The molecule has 0 saturated heterocycles. The van der Waals surface area contributed by atoms with E-state index < -0.39 is 0 Å². The van der Waals surface area contributed by atoms with Gasteiger partial charge in [0.15, 0.2) is 0 Å². The molecular formula is C9H20N2. The Morgan fingerprint density at radius 1 is 1.18 bits per heavy atom. The summed E-state index contributed by atoms with van der Waals surface area (Å²) >= 11 is 0. The van der Waals surface area contributed by atoms with Gasteiger partial charge in [-0.2, -0.15) is 0 Å². The van der Waals surface area contributed by atoms with E-state index in [9.17, 15) is 0 Å². The highest BCUT2D eigenvalue weighted by Gasteiger charge is 2.19. The summed E-state index contributed by atoms with van der Waals surface area (Å²) in [7, 11) is 0. The fraction of sp³-hybridized carbons (Fsp3) is 1.00. The molecule has 11 heavy (non-hydrogen) atoms. The summed E-state index contributed by atoms with van der Waals surface area (Å²) in [5, 5.41) is 6.88. The van der Waals surface area contributed by atoms with E-state index in [0.717, 1.165) is 6.04 Å². The van der Waals surface area contributed by atoms with Crippen molar-refractivity contribution in [1.29, 1.82) is 0 Å². The van der Waals surface area contributed by atoms with Gasteiger partial charge in [0, 0.05) is 6.04 Å². The maximum atomic E-state index is 3.49. The molecule has 0 radical (unpaired) electrons. The van der Waals surface area contributed by atoms with E-state index in [1.54, 1.807) is 0 Å². The zero-order valence-electron chi connectivity index (χ0n) is 7.53. The first-order chi connectivity index (χ1) is 5.43. The molecule has 0 amide bonds. The van der Waals surface area contributed by atoms with Crippen molar-refractivity contribution in [1.82, 2.24) is 10.6 Å². The van der Waals surface area contributed by atoms with Crippen LogP contribution < -0.4 is 10.6 Å². The van der Waals surface area contributed by atoms with E-state index in [-0.39, 0.29) is 0 Å². The van der Waals surface area contributed by atoms with Gasteiger partial charge in [0.05, 0.1) is 0 Å². The average molecular weight is 156 g/mol. The zero-order valence-corrected chi connectivity index (χ0v) is 7.53.